The van der Waals surface area contributed by atoms with Gasteiger partial charge in [-0.15, -0.1) is 5.10 Å². The monoisotopic (exact) mass is 385 g/mol. The predicted molar refractivity (Wildman–Crippen MR) is 99.9 cm³/mol. The van der Waals surface area contributed by atoms with Crippen LogP contribution >= 0.6 is 11.6 Å². The van der Waals surface area contributed by atoms with Gasteiger partial charge in [-0.1, -0.05) is 11.6 Å². The second-order valence-corrected chi connectivity index (χ2v) is 5.73. The van der Waals surface area contributed by atoms with Crippen molar-refractivity contribution in [3.8, 4) is 17.4 Å². The topological polar surface area (TPSA) is 75.5 Å². The van der Waals surface area contributed by atoms with Gasteiger partial charge in [0.25, 0.3) is 0 Å². The lowest BCUT2D eigenvalue weighted by atomic mass is 10.1. The molecule has 0 spiro atoms. The summed E-state index contributed by atoms with van der Waals surface area (Å²) in [4.78, 5) is 16.2. The Morgan fingerprint density at radius 1 is 1.15 bits per heavy atom. The summed E-state index contributed by atoms with van der Waals surface area (Å²) in [6, 6.07) is 12.3. The van der Waals surface area contributed by atoms with Gasteiger partial charge in [-0.05, 0) is 36.4 Å². The number of benzene rings is 1. The zero-order chi connectivity index (χ0) is 19.2. The van der Waals surface area contributed by atoms with Gasteiger partial charge in [0.15, 0.2) is 0 Å². The summed E-state index contributed by atoms with van der Waals surface area (Å²) in [7, 11) is 2.73. The Labute approximate surface area is 160 Å². The molecule has 0 saturated carbocycles. The Morgan fingerprint density at radius 3 is 2.63 bits per heavy atom. The molecule has 0 aliphatic rings. The minimum atomic E-state index is -0.568. The number of carbonyl (C=O) groups is 1. The van der Waals surface area contributed by atoms with E-state index < -0.39 is 5.97 Å². The van der Waals surface area contributed by atoms with Crippen molar-refractivity contribution in [1.29, 1.82) is 0 Å². The zero-order valence-electron chi connectivity index (χ0n) is 14.6. The predicted octanol–water partition coefficient (Wildman–Crippen LogP) is 3.87. The number of aromatic nitrogens is 3. The van der Waals surface area contributed by atoms with Gasteiger partial charge in [-0.25, -0.2) is 14.5 Å². The molecule has 0 aliphatic heterocycles. The van der Waals surface area contributed by atoms with Crippen molar-refractivity contribution >= 4 is 23.1 Å². The molecule has 27 heavy (non-hydrogen) atoms. The number of halogens is 1. The van der Waals surface area contributed by atoms with Crippen LogP contribution in [-0.2, 0) is 14.3 Å². The molecular weight excluding hydrogens is 370 g/mol. The van der Waals surface area contributed by atoms with Crippen molar-refractivity contribution < 1.29 is 19.0 Å². The van der Waals surface area contributed by atoms with Gasteiger partial charge in [-0.3, -0.25) is 0 Å². The first-order valence-electron chi connectivity index (χ1n) is 7.88. The highest BCUT2D eigenvalue weighted by atomic mass is 35.5. The first-order chi connectivity index (χ1) is 13.1. The van der Waals surface area contributed by atoms with Gasteiger partial charge in [0.05, 0.1) is 31.7 Å². The second-order valence-electron chi connectivity index (χ2n) is 5.29. The number of hydrogen-bond acceptors (Lipinski definition) is 6. The van der Waals surface area contributed by atoms with Crippen molar-refractivity contribution in [2.75, 3.05) is 14.2 Å². The van der Waals surface area contributed by atoms with E-state index in [0.717, 1.165) is 5.69 Å². The van der Waals surface area contributed by atoms with Crippen LogP contribution in [0.1, 0.15) is 5.56 Å². The molecule has 0 N–H and O–H groups in total. The summed E-state index contributed by atoms with van der Waals surface area (Å²) in [5, 5.41) is 5.00. The Balaban J connectivity index is 1.90. The van der Waals surface area contributed by atoms with E-state index in [1.165, 1.54) is 20.5 Å². The third-order valence-corrected chi connectivity index (χ3v) is 3.81. The van der Waals surface area contributed by atoms with Crippen LogP contribution in [-0.4, -0.2) is 35.0 Å². The lowest BCUT2D eigenvalue weighted by Gasteiger charge is -2.10. The number of nitrogens with zero attached hydrogens (tertiary/aromatic N) is 3. The highest BCUT2D eigenvalue weighted by Gasteiger charge is 2.19. The van der Waals surface area contributed by atoms with E-state index in [1.54, 1.807) is 47.4 Å². The van der Waals surface area contributed by atoms with Crippen LogP contribution in [0.25, 0.3) is 11.3 Å². The van der Waals surface area contributed by atoms with E-state index in [-0.39, 0.29) is 11.5 Å². The van der Waals surface area contributed by atoms with Crippen molar-refractivity contribution in [3.63, 3.8) is 0 Å². The largest absolute Gasteiger partial charge is 0.503 e. The highest BCUT2D eigenvalue weighted by molar-refractivity contribution is 6.30. The molecule has 0 amide bonds. The van der Waals surface area contributed by atoms with Crippen LogP contribution in [0.4, 0.5) is 0 Å². The van der Waals surface area contributed by atoms with Crippen molar-refractivity contribution in [2.24, 2.45) is 0 Å². The highest BCUT2D eigenvalue weighted by Crippen LogP contribution is 2.28. The molecule has 0 atom stereocenters. The molecule has 0 saturated heterocycles. The summed E-state index contributed by atoms with van der Waals surface area (Å²) >= 11 is 5.91. The summed E-state index contributed by atoms with van der Waals surface area (Å²) in [6.45, 7) is 0. The summed E-state index contributed by atoms with van der Waals surface area (Å²) in [5.41, 5.74) is 1.43. The first kappa shape index (κ1) is 18.5. The normalized spacial score (nSPS) is 11.1. The molecule has 0 bridgehead atoms. The Hall–Kier alpha value is -3.32. The van der Waals surface area contributed by atoms with Crippen molar-refractivity contribution in [2.45, 2.75) is 0 Å². The smallest absolute Gasteiger partial charge is 0.341 e. The molecule has 3 aromatic rings. The fourth-order valence-corrected chi connectivity index (χ4v) is 2.45. The Bertz CT molecular complexity index is 967. The Kier molecular flexibility index (Phi) is 5.73. The lowest BCUT2D eigenvalue weighted by molar-refractivity contribution is -0.133. The molecule has 2 aromatic heterocycles. The molecule has 0 radical (unpaired) electrons. The summed E-state index contributed by atoms with van der Waals surface area (Å²) in [6.07, 6.45) is 4.58. The van der Waals surface area contributed by atoms with E-state index in [9.17, 15) is 4.79 Å². The lowest BCUT2D eigenvalue weighted by Crippen LogP contribution is -2.06. The number of carbonyl (C=O) groups excluding carboxylic acids is 1. The van der Waals surface area contributed by atoms with Gasteiger partial charge in [0.2, 0.25) is 11.8 Å². The first-order valence-corrected chi connectivity index (χ1v) is 8.26. The maximum atomic E-state index is 12.0. The van der Waals surface area contributed by atoms with Crippen LogP contribution < -0.4 is 4.74 Å². The molecule has 8 heteroatoms. The fraction of sp³-hybridized carbons (Fsp3) is 0.105. The van der Waals surface area contributed by atoms with E-state index in [0.29, 0.717) is 16.5 Å². The molecule has 0 fully saturated rings. The summed E-state index contributed by atoms with van der Waals surface area (Å²) in [5.74, 6) is -0.0551. The minimum Gasteiger partial charge on any atom is -0.503 e. The van der Waals surface area contributed by atoms with Gasteiger partial charge < -0.3 is 14.2 Å². The van der Waals surface area contributed by atoms with Gasteiger partial charge in [-0.2, -0.15) is 0 Å². The van der Waals surface area contributed by atoms with Crippen molar-refractivity contribution in [3.05, 3.63) is 71.7 Å². The van der Waals surface area contributed by atoms with Gasteiger partial charge >= 0.3 is 5.97 Å². The van der Waals surface area contributed by atoms with Crippen LogP contribution in [0.3, 0.4) is 0 Å². The fourth-order valence-electron chi connectivity index (χ4n) is 2.32. The van der Waals surface area contributed by atoms with Crippen LogP contribution in [0.5, 0.6) is 11.8 Å². The summed E-state index contributed by atoms with van der Waals surface area (Å²) < 4.78 is 17.2. The molecule has 0 unspecified atom stereocenters. The molecule has 2 heterocycles. The molecular formula is C19H16ClN3O4. The van der Waals surface area contributed by atoms with Crippen LogP contribution in [0, 0.1) is 0 Å². The third-order valence-electron chi connectivity index (χ3n) is 3.56. The number of esters is 1. The van der Waals surface area contributed by atoms with E-state index in [2.05, 4.69) is 10.1 Å². The van der Waals surface area contributed by atoms with E-state index in [4.69, 9.17) is 25.8 Å². The van der Waals surface area contributed by atoms with Crippen molar-refractivity contribution in [1.82, 2.24) is 14.8 Å². The van der Waals surface area contributed by atoms with E-state index in [1.807, 2.05) is 12.1 Å². The maximum Gasteiger partial charge on any atom is 0.341 e. The molecule has 138 valence electrons. The molecule has 0 aliphatic carbocycles. The Morgan fingerprint density at radius 2 is 1.93 bits per heavy atom. The molecule has 3 rings (SSSR count). The maximum absolute atomic E-state index is 12.0. The van der Waals surface area contributed by atoms with Crippen LogP contribution in [0.15, 0.2) is 61.1 Å². The average Bonchev–Trinajstić information content (AvgIpc) is 3.15. The number of hydrogen-bond donors (Lipinski definition) is 0. The zero-order valence-corrected chi connectivity index (χ0v) is 15.4. The minimum absolute atomic E-state index is 0.181. The quantitative estimate of drug-likeness (QED) is 0.364. The number of rotatable bonds is 6. The SMILES string of the molecule is CO/C=C(/C(=O)OC)c1cccnc1Oc1ccn(-c2ccc(Cl)cc2)n1. The van der Waals surface area contributed by atoms with Crippen LogP contribution in [0.2, 0.25) is 5.02 Å². The second kappa shape index (κ2) is 8.37. The van der Waals surface area contributed by atoms with E-state index >= 15 is 0 Å². The standard InChI is InChI=1S/C19H16ClN3O4/c1-25-12-16(19(24)26-2)15-4-3-10-21-18(15)27-17-9-11-23(22-17)14-7-5-13(20)6-8-14/h3-12H,1-2H3/b16-12+. The number of methoxy groups -OCH3 is 2. The number of pyridine rings is 1. The molecule has 1 aromatic carbocycles. The number of ether oxygens (including phenoxy) is 3. The molecule has 7 nitrogen and oxygen atoms in total. The third kappa shape index (κ3) is 4.27. The average molecular weight is 386 g/mol. The van der Waals surface area contributed by atoms with Gasteiger partial charge in [0, 0.05) is 23.5 Å². The van der Waals surface area contributed by atoms with Gasteiger partial charge in [0.1, 0.15) is 5.57 Å².